The molecule has 0 fully saturated rings. The molecule has 16 heavy (non-hydrogen) atoms. The molecular formula is C11H25N3O2. The highest BCUT2D eigenvalue weighted by Gasteiger charge is 2.16. The van der Waals surface area contributed by atoms with Gasteiger partial charge in [-0.3, -0.25) is 9.69 Å². The maximum atomic E-state index is 11.4. The Balaban J connectivity index is 3.90. The molecule has 0 saturated carbocycles. The molecule has 0 spiro atoms. The number of nitrogens with two attached hydrogens (primary N) is 1. The van der Waals surface area contributed by atoms with Gasteiger partial charge in [0.1, 0.15) is 0 Å². The zero-order valence-corrected chi connectivity index (χ0v) is 10.7. The van der Waals surface area contributed by atoms with Crippen LogP contribution in [0.5, 0.6) is 0 Å². The summed E-state index contributed by atoms with van der Waals surface area (Å²) in [4.78, 5) is 13.5. The molecule has 5 nitrogen and oxygen atoms in total. The number of nitrogens with zero attached hydrogens (tertiary/aromatic N) is 1. The van der Waals surface area contributed by atoms with Crippen LogP contribution in [0.4, 0.5) is 0 Å². The Morgan fingerprint density at radius 3 is 2.69 bits per heavy atom. The summed E-state index contributed by atoms with van der Waals surface area (Å²) in [7, 11) is 1.97. The van der Waals surface area contributed by atoms with Crippen molar-refractivity contribution >= 4 is 5.91 Å². The zero-order valence-electron chi connectivity index (χ0n) is 10.7. The number of nitrogens with one attached hydrogen (secondary N) is 1. The quantitative estimate of drug-likeness (QED) is 0.540. The summed E-state index contributed by atoms with van der Waals surface area (Å²) < 4.78 is 5.27. The Hall–Kier alpha value is -0.650. The first-order valence-electron chi connectivity index (χ1n) is 5.90. The van der Waals surface area contributed by atoms with E-state index in [1.165, 1.54) is 0 Å². The van der Waals surface area contributed by atoms with Crippen LogP contribution in [-0.4, -0.2) is 56.7 Å². The third kappa shape index (κ3) is 6.76. The molecule has 0 aliphatic rings. The third-order valence-electron chi connectivity index (χ3n) is 2.48. The number of carbonyl (C=O) groups excluding carboxylic acids is 1. The van der Waals surface area contributed by atoms with Crippen LogP contribution in [0.2, 0.25) is 0 Å². The van der Waals surface area contributed by atoms with Crippen molar-refractivity contribution in [2.75, 3.05) is 39.9 Å². The van der Waals surface area contributed by atoms with Crippen molar-refractivity contribution in [3.8, 4) is 0 Å². The Morgan fingerprint density at radius 2 is 2.19 bits per heavy atom. The minimum absolute atomic E-state index is 0.0567. The van der Waals surface area contributed by atoms with Crippen LogP contribution in [-0.2, 0) is 9.53 Å². The second-order valence-corrected chi connectivity index (χ2v) is 3.72. The van der Waals surface area contributed by atoms with Crippen LogP contribution in [0.25, 0.3) is 0 Å². The molecule has 1 unspecified atom stereocenters. The van der Waals surface area contributed by atoms with Gasteiger partial charge in [-0.05, 0) is 20.9 Å². The third-order valence-corrected chi connectivity index (χ3v) is 2.48. The van der Waals surface area contributed by atoms with Crippen LogP contribution >= 0.6 is 0 Å². The molecule has 0 aromatic heterocycles. The summed E-state index contributed by atoms with van der Waals surface area (Å²) in [6.45, 7) is 7.23. The molecule has 0 aromatic carbocycles. The molecule has 0 saturated heterocycles. The van der Waals surface area contributed by atoms with Gasteiger partial charge in [-0.2, -0.15) is 0 Å². The fourth-order valence-electron chi connectivity index (χ4n) is 1.44. The van der Waals surface area contributed by atoms with Gasteiger partial charge in [-0.25, -0.2) is 0 Å². The molecule has 5 heteroatoms. The SMILES string of the molecule is CCNC(=O)CC(CN)N(C)CCOCC. The van der Waals surface area contributed by atoms with E-state index in [4.69, 9.17) is 10.5 Å². The molecule has 1 atom stereocenters. The summed E-state index contributed by atoms with van der Waals surface area (Å²) in [5.41, 5.74) is 5.66. The van der Waals surface area contributed by atoms with Crippen LogP contribution in [0.15, 0.2) is 0 Å². The number of rotatable bonds is 9. The Morgan fingerprint density at radius 1 is 1.50 bits per heavy atom. The van der Waals surface area contributed by atoms with Crippen molar-refractivity contribution in [3.05, 3.63) is 0 Å². The molecule has 0 aliphatic carbocycles. The van der Waals surface area contributed by atoms with E-state index in [0.717, 1.165) is 13.2 Å². The van der Waals surface area contributed by atoms with Gasteiger partial charge in [0.25, 0.3) is 0 Å². The van der Waals surface area contributed by atoms with Gasteiger partial charge < -0.3 is 15.8 Å². The van der Waals surface area contributed by atoms with Gasteiger partial charge in [0.2, 0.25) is 5.91 Å². The highest BCUT2D eigenvalue weighted by Crippen LogP contribution is 2.00. The lowest BCUT2D eigenvalue weighted by Gasteiger charge is -2.26. The Bertz CT molecular complexity index is 188. The minimum atomic E-state index is 0.0567. The summed E-state index contributed by atoms with van der Waals surface area (Å²) >= 11 is 0. The second-order valence-electron chi connectivity index (χ2n) is 3.72. The van der Waals surface area contributed by atoms with Crippen LogP contribution < -0.4 is 11.1 Å². The molecular weight excluding hydrogens is 206 g/mol. The summed E-state index contributed by atoms with van der Waals surface area (Å²) in [5, 5.41) is 2.78. The van der Waals surface area contributed by atoms with E-state index < -0.39 is 0 Å². The van der Waals surface area contributed by atoms with E-state index in [2.05, 4.69) is 10.2 Å². The van der Waals surface area contributed by atoms with Crippen molar-refractivity contribution in [1.82, 2.24) is 10.2 Å². The number of ether oxygens (including phenoxy) is 1. The topological polar surface area (TPSA) is 67.6 Å². The molecule has 1 amide bonds. The molecule has 0 bridgehead atoms. The van der Waals surface area contributed by atoms with Gasteiger partial charge in [-0.1, -0.05) is 0 Å². The van der Waals surface area contributed by atoms with Crippen LogP contribution in [0, 0.1) is 0 Å². The van der Waals surface area contributed by atoms with E-state index >= 15 is 0 Å². The molecule has 0 aliphatic heterocycles. The molecule has 0 aromatic rings. The zero-order chi connectivity index (χ0) is 12.4. The fourth-order valence-corrected chi connectivity index (χ4v) is 1.44. The Kier molecular flexibility index (Phi) is 9.18. The fraction of sp³-hybridized carbons (Fsp3) is 0.909. The maximum Gasteiger partial charge on any atom is 0.221 e. The van der Waals surface area contributed by atoms with E-state index in [1.54, 1.807) is 0 Å². The lowest BCUT2D eigenvalue weighted by Crippen LogP contribution is -2.43. The normalized spacial score (nSPS) is 12.8. The molecule has 3 N–H and O–H groups in total. The smallest absolute Gasteiger partial charge is 0.221 e. The highest BCUT2D eigenvalue weighted by molar-refractivity contribution is 5.76. The van der Waals surface area contributed by atoms with Gasteiger partial charge in [0.15, 0.2) is 0 Å². The minimum Gasteiger partial charge on any atom is -0.380 e. The van der Waals surface area contributed by atoms with Crippen molar-refractivity contribution in [2.45, 2.75) is 26.3 Å². The van der Waals surface area contributed by atoms with Gasteiger partial charge in [0.05, 0.1) is 6.61 Å². The Labute approximate surface area is 98.3 Å². The first-order chi connectivity index (χ1) is 7.65. The van der Waals surface area contributed by atoms with Crippen LogP contribution in [0.1, 0.15) is 20.3 Å². The number of amides is 1. The average molecular weight is 231 g/mol. The summed E-state index contributed by atoms with van der Waals surface area (Å²) in [6, 6.07) is 0.0898. The molecule has 96 valence electrons. The maximum absolute atomic E-state index is 11.4. The molecule has 0 rings (SSSR count). The number of hydrogen-bond donors (Lipinski definition) is 2. The van der Waals surface area contributed by atoms with Crippen molar-refractivity contribution in [3.63, 3.8) is 0 Å². The lowest BCUT2D eigenvalue weighted by molar-refractivity contribution is -0.122. The van der Waals surface area contributed by atoms with Crippen molar-refractivity contribution < 1.29 is 9.53 Å². The summed E-state index contributed by atoms with van der Waals surface area (Å²) in [6.07, 6.45) is 0.451. The first-order valence-corrected chi connectivity index (χ1v) is 5.90. The standard InChI is InChI=1S/C11H25N3O2/c1-4-13-11(15)8-10(9-12)14(3)6-7-16-5-2/h10H,4-9,12H2,1-3H3,(H,13,15). The predicted molar refractivity (Wildman–Crippen MR) is 65.3 cm³/mol. The largest absolute Gasteiger partial charge is 0.380 e. The second kappa shape index (κ2) is 9.57. The van der Waals surface area contributed by atoms with E-state index in [9.17, 15) is 4.79 Å². The van der Waals surface area contributed by atoms with Crippen molar-refractivity contribution in [1.29, 1.82) is 0 Å². The number of likely N-dealkylation sites (N-methyl/N-ethyl adjacent to an activating group) is 1. The predicted octanol–water partition coefficient (Wildman–Crippen LogP) is -0.192. The highest BCUT2D eigenvalue weighted by atomic mass is 16.5. The summed E-state index contributed by atoms with van der Waals surface area (Å²) in [5.74, 6) is 0.0567. The molecule has 0 heterocycles. The van der Waals surface area contributed by atoms with E-state index in [1.807, 2.05) is 20.9 Å². The number of carbonyl (C=O) groups is 1. The monoisotopic (exact) mass is 231 g/mol. The van der Waals surface area contributed by atoms with E-state index in [-0.39, 0.29) is 11.9 Å². The van der Waals surface area contributed by atoms with Crippen molar-refractivity contribution in [2.24, 2.45) is 5.73 Å². The van der Waals surface area contributed by atoms with Gasteiger partial charge in [0, 0.05) is 38.7 Å². The lowest BCUT2D eigenvalue weighted by atomic mass is 10.1. The van der Waals surface area contributed by atoms with Gasteiger partial charge in [-0.15, -0.1) is 0 Å². The average Bonchev–Trinajstić information content (AvgIpc) is 2.26. The van der Waals surface area contributed by atoms with Gasteiger partial charge >= 0.3 is 0 Å². The number of hydrogen-bond acceptors (Lipinski definition) is 4. The van der Waals surface area contributed by atoms with Crippen LogP contribution in [0.3, 0.4) is 0 Å². The first kappa shape index (κ1) is 15.3. The molecule has 0 radical (unpaired) electrons. The van der Waals surface area contributed by atoms with E-state index in [0.29, 0.717) is 26.1 Å².